The largest absolute Gasteiger partial charge is 0.481 e. The van der Waals surface area contributed by atoms with Crippen LogP contribution >= 0.6 is 27.4 Å². The molecule has 408 valence electrons. The molecular formula is C50H91NO16P2S. The maximum atomic E-state index is 13.2. The average Bonchev–Trinajstić information content (AvgIpc) is 3.30. The second-order valence-corrected chi connectivity index (χ2v) is 22.0. The van der Waals surface area contributed by atoms with Gasteiger partial charge in [0.2, 0.25) is 0 Å². The van der Waals surface area contributed by atoms with Crippen LogP contribution in [0.25, 0.3) is 0 Å². The highest BCUT2D eigenvalue weighted by Gasteiger charge is 2.30. The zero-order valence-corrected chi connectivity index (χ0v) is 45.0. The SMILES string of the molecule is CCCCC/C=C\C\C=C/C=C/C=C/[C@@H](SC[C@H](N)C(=O)O[C@H](COC(=O)CCCCCCCCCCCCCCCCCC(C)C)COP(=O)(O)OC[C@@H](O)COP(=O)(O)O)[C@@H](O)CCCC(=O)O. The minimum Gasteiger partial charge on any atom is -0.481 e. The Morgan fingerprint density at radius 3 is 1.80 bits per heavy atom. The molecule has 0 amide bonds. The van der Waals surface area contributed by atoms with Crippen LogP contribution in [-0.2, 0) is 46.6 Å². The summed E-state index contributed by atoms with van der Waals surface area (Å²) in [5.41, 5.74) is 6.20. The first-order chi connectivity index (χ1) is 33.3. The van der Waals surface area contributed by atoms with E-state index < -0.39 is 89.6 Å². The summed E-state index contributed by atoms with van der Waals surface area (Å²) < 4.78 is 48.2. The van der Waals surface area contributed by atoms with Gasteiger partial charge in [-0.05, 0) is 44.4 Å². The Morgan fingerprint density at radius 2 is 1.21 bits per heavy atom. The van der Waals surface area contributed by atoms with E-state index in [0.29, 0.717) is 6.42 Å². The van der Waals surface area contributed by atoms with Crippen molar-refractivity contribution in [2.45, 2.75) is 211 Å². The van der Waals surface area contributed by atoms with E-state index in [0.717, 1.165) is 56.2 Å². The predicted molar refractivity (Wildman–Crippen MR) is 277 cm³/mol. The van der Waals surface area contributed by atoms with Crippen LogP contribution in [0.2, 0.25) is 0 Å². The highest BCUT2D eigenvalue weighted by Crippen LogP contribution is 2.44. The zero-order chi connectivity index (χ0) is 52.3. The smallest absolute Gasteiger partial charge is 0.472 e. The Bertz CT molecular complexity index is 1560. The number of esters is 2. The van der Waals surface area contributed by atoms with Crippen LogP contribution in [0.15, 0.2) is 48.6 Å². The standard InChI is InChI=1S/C50H91NO16P2S/c1-4-5-6-7-8-9-10-17-20-23-26-29-34-47(46(53)33-31-35-48(54)55)70-41-45(51)50(57)67-44(40-66-69(61,62)65-38-43(52)37-64-68(58,59)60)39-63-49(56)36-30-27-24-21-18-15-13-11-12-14-16-19-22-25-28-32-42(2)3/h8-9,17,20,23,26,29,34,42-47,52-53H,4-7,10-16,18-19,21-22,24-25,27-28,30-33,35-41,51H2,1-3H3,(H,54,55)(H,61,62)(H2,58,59,60)/b9-8-,20-17-,26-23+,34-29+/t43-,44+,45-,46-,47+/m0/s1. The summed E-state index contributed by atoms with van der Waals surface area (Å²) >= 11 is 1.13. The average molecular weight is 1060 g/mol. The summed E-state index contributed by atoms with van der Waals surface area (Å²) in [6, 6.07) is -1.29. The van der Waals surface area contributed by atoms with Crippen LogP contribution in [0.1, 0.15) is 181 Å². The summed E-state index contributed by atoms with van der Waals surface area (Å²) in [6.45, 7) is 3.51. The molecular weight excluding hydrogens is 965 g/mol. The van der Waals surface area contributed by atoms with E-state index in [1.54, 1.807) is 18.2 Å². The second-order valence-electron chi connectivity index (χ2n) is 18.1. The third kappa shape index (κ3) is 45.7. The molecule has 0 rings (SSSR count). The van der Waals surface area contributed by atoms with Crippen LogP contribution in [-0.4, -0.2) is 110 Å². The lowest BCUT2D eigenvalue weighted by molar-refractivity contribution is -0.161. The van der Waals surface area contributed by atoms with Crippen LogP contribution in [0, 0.1) is 5.92 Å². The number of ether oxygens (including phenoxy) is 2. The van der Waals surface area contributed by atoms with Crippen LogP contribution in [0.5, 0.6) is 0 Å². The topological polar surface area (TPSA) is 279 Å². The van der Waals surface area contributed by atoms with E-state index in [1.165, 1.54) is 89.9 Å². The fourth-order valence-corrected chi connectivity index (χ4v) is 9.12. The molecule has 0 saturated carbocycles. The van der Waals surface area contributed by atoms with E-state index in [4.69, 9.17) is 39.1 Å². The molecule has 0 aromatic carbocycles. The molecule has 0 heterocycles. The monoisotopic (exact) mass is 1060 g/mol. The third-order valence-corrected chi connectivity index (χ3v) is 13.7. The number of hydrogen-bond donors (Lipinski definition) is 7. The predicted octanol–water partition coefficient (Wildman–Crippen LogP) is 10.6. The van der Waals surface area contributed by atoms with Gasteiger partial charge in [-0.25, -0.2) is 9.13 Å². The Morgan fingerprint density at radius 1 is 0.643 bits per heavy atom. The van der Waals surface area contributed by atoms with Crippen molar-refractivity contribution in [1.29, 1.82) is 0 Å². The van der Waals surface area contributed by atoms with Gasteiger partial charge < -0.3 is 45.2 Å². The maximum absolute atomic E-state index is 13.2. The van der Waals surface area contributed by atoms with Crippen LogP contribution < -0.4 is 5.73 Å². The Kier molecular flexibility index (Phi) is 42.9. The van der Waals surface area contributed by atoms with Gasteiger partial charge in [-0.2, -0.15) is 0 Å². The molecule has 20 heteroatoms. The normalized spacial score (nSPS) is 15.5. The fraction of sp³-hybridized carbons (Fsp3) is 0.780. The first-order valence-electron chi connectivity index (χ1n) is 25.6. The highest BCUT2D eigenvalue weighted by molar-refractivity contribution is 8.00. The molecule has 0 aromatic heterocycles. The molecule has 0 saturated heterocycles. The summed E-state index contributed by atoms with van der Waals surface area (Å²) in [5.74, 6) is -1.83. The molecule has 0 bridgehead atoms. The molecule has 0 aliphatic rings. The van der Waals surface area contributed by atoms with Gasteiger partial charge in [-0.1, -0.05) is 179 Å². The highest BCUT2D eigenvalue weighted by atomic mass is 32.2. The molecule has 0 aromatic rings. The Hall–Kier alpha value is -2.18. The molecule has 0 spiro atoms. The van der Waals surface area contributed by atoms with Crippen molar-refractivity contribution >= 4 is 45.3 Å². The van der Waals surface area contributed by atoms with Crippen molar-refractivity contribution in [3.05, 3.63) is 48.6 Å². The molecule has 70 heavy (non-hydrogen) atoms. The quantitative estimate of drug-likeness (QED) is 0.00980. The molecule has 0 fully saturated rings. The number of rotatable bonds is 48. The lowest BCUT2D eigenvalue weighted by Crippen LogP contribution is -2.40. The van der Waals surface area contributed by atoms with E-state index in [2.05, 4.69) is 37.4 Å². The minimum absolute atomic E-state index is 0.0690. The molecule has 0 aliphatic heterocycles. The number of carboxylic acid groups (broad SMARTS) is 1. The van der Waals surface area contributed by atoms with Crippen LogP contribution in [0.4, 0.5) is 0 Å². The zero-order valence-electron chi connectivity index (χ0n) is 42.4. The van der Waals surface area contributed by atoms with Crippen LogP contribution in [0.3, 0.4) is 0 Å². The number of carbonyl (C=O) groups excluding carboxylic acids is 2. The van der Waals surface area contributed by atoms with E-state index in [9.17, 15) is 38.6 Å². The number of carbonyl (C=O) groups is 3. The fourth-order valence-electron chi connectivity index (χ4n) is 6.84. The summed E-state index contributed by atoms with van der Waals surface area (Å²) in [7, 11) is -9.91. The maximum Gasteiger partial charge on any atom is 0.472 e. The van der Waals surface area contributed by atoms with E-state index in [-0.39, 0.29) is 31.4 Å². The van der Waals surface area contributed by atoms with Crippen molar-refractivity contribution in [3.8, 4) is 0 Å². The van der Waals surface area contributed by atoms with Crippen molar-refractivity contribution in [2.24, 2.45) is 11.7 Å². The Labute approximate surface area is 423 Å². The molecule has 6 atom stereocenters. The molecule has 1 unspecified atom stereocenters. The molecule has 8 N–H and O–H groups in total. The molecule has 0 radical (unpaired) electrons. The first kappa shape index (κ1) is 67.8. The first-order valence-corrected chi connectivity index (χ1v) is 29.7. The van der Waals surface area contributed by atoms with Gasteiger partial charge in [0.1, 0.15) is 18.8 Å². The lowest BCUT2D eigenvalue weighted by Gasteiger charge is -2.23. The number of aliphatic carboxylic acids is 1. The number of carboxylic acids is 1. The van der Waals surface area contributed by atoms with Crippen molar-refractivity contribution in [1.82, 2.24) is 0 Å². The third-order valence-electron chi connectivity index (χ3n) is 10.9. The number of phosphoric ester groups is 2. The van der Waals surface area contributed by atoms with Gasteiger partial charge in [0.15, 0.2) is 6.10 Å². The van der Waals surface area contributed by atoms with Gasteiger partial charge in [-0.15, -0.1) is 11.8 Å². The van der Waals surface area contributed by atoms with Gasteiger partial charge in [-0.3, -0.25) is 28.0 Å². The van der Waals surface area contributed by atoms with E-state index in [1.807, 2.05) is 18.2 Å². The van der Waals surface area contributed by atoms with Gasteiger partial charge in [0, 0.05) is 23.8 Å². The number of aliphatic hydroxyl groups excluding tert-OH is 2. The number of thioether (sulfide) groups is 1. The number of allylic oxidation sites excluding steroid dienone is 7. The molecule has 17 nitrogen and oxygen atoms in total. The number of hydrogen-bond acceptors (Lipinski definition) is 14. The summed E-state index contributed by atoms with van der Waals surface area (Å²) in [4.78, 5) is 64.9. The van der Waals surface area contributed by atoms with Crippen molar-refractivity contribution < 1.29 is 76.6 Å². The lowest BCUT2D eigenvalue weighted by atomic mass is 10.0. The number of phosphoric acid groups is 2. The molecule has 0 aliphatic carbocycles. The van der Waals surface area contributed by atoms with Crippen molar-refractivity contribution in [2.75, 3.05) is 32.2 Å². The number of aliphatic hydroxyl groups is 2. The summed E-state index contributed by atoms with van der Waals surface area (Å²) in [6.07, 6.45) is 35.8. The van der Waals surface area contributed by atoms with Gasteiger partial charge in [0.25, 0.3) is 0 Å². The van der Waals surface area contributed by atoms with Gasteiger partial charge >= 0.3 is 33.6 Å². The Balaban J connectivity index is 5.25. The minimum atomic E-state index is -4.97. The summed E-state index contributed by atoms with van der Waals surface area (Å²) in [5, 5.41) is 29.3. The van der Waals surface area contributed by atoms with Crippen molar-refractivity contribution in [3.63, 3.8) is 0 Å². The van der Waals surface area contributed by atoms with Gasteiger partial charge in [0.05, 0.1) is 25.9 Å². The second kappa shape index (κ2) is 44.3. The van der Waals surface area contributed by atoms with E-state index >= 15 is 0 Å². The number of nitrogens with two attached hydrogens (primary N) is 1. The number of unbranched alkanes of at least 4 members (excludes halogenated alkanes) is 17.